The highest BCUT2D eigenvalue weighted by Crippen LogP contribution is 2.36. The van der Waals surface area contributed by atoms with E-state index in [1.54, 1.807) is 13.0 Å². The zero-order valence-electron chi connectivity index (χ0n) is 19.5. The normalized spacial score (nSPS) is 14.9. The van der Waals surface area contributed by atoms with Gasteiger partial charge in [-0.25, -0.2) is 9.82 Å². The van der Waals surface area contributed by atoms with Gasteiger partial charge < -0.3 is 24.8 Å². The predicted octanol–water partition coefficient (Wildman–Crippen LogP) is 2.64. The van der Waals surface area contributed by atoms with Crippen molar-refractivity contribution in [1.29, 1.82) is 0 Å². The second-order valence-corrected chi connectivity index (χ2v) is 8.03. The van der Waals surface area contributed by atoms with Crippen molar-refractivity contribution < 1.29 is 33.0 Å². The minimum Gasteiger partial charge on any atom is -0.490 e. The molecule has 2 aromatic carbocycles. The Bertz CT molecular complexity index is 1120. The number of ether oxygens (including phenoxy) is 3. The van der Waals surface area contributed by atoms with Gasteiger partial charge >= 0.3 is 11.8 Å². The number of anilines is 1. The van der Waals surface area contributed by atoms with E-state index in [2.05, 4.69) is 21.2 Å². The molecule has 0 aromatic heterocycles. The Labute approximate surface area is 212 Å². The lowest BCUT2D eigenvalue weighted by atomic mass is 10.2. The highest BCUT2D eigenvalue weighted by molar-refractivity contribution is 6.35. The van der Waals surface area contributed by atoms with Gasteiger partial charge in [0.05, 0.1) is 29.6 Å². The molecule has 0 radical (unpaired) electrons. The number of hydrogen-bond acceptors (Lipinski definition) is 7. The van der Waals surface area contributed by atoms with Crippen LogP contribution in [-0.4, -0.2) is 56.4 Å². The van der Waals surface area contributed by atoms with E-state index in [9.17, 15) is 18.8 Å². The van der Waals surface area contributed by atoms with Gasteiger partial charge in [0.2, 0.25) is 0 Å². The zero-order valence-corrected chi connectivity index (χ0v) is 20.3. The maximum Gasteiger partial charge on any atom is 0.329 e. The van der Waals surface area contributed by atoms with Crippen LogP contribution in [0.4, 0.5) is 10.1 Å². The van der Waals surface area contributed by atoms with Crippen molar-refractivity contribution in [2.24, 2.45) is 5.10 Å². The first-order valence-electron chi connectivity index (χ1n) is 11.2. The monoisotopic (exact) mass is 520 g/mol. The van der Waals surface area contributed by atoms with Crippen LogP contribution in [0.2, 0.25) is 5.02 Å². The number of para-hydroxylation sites is 1. The number of nitrogens with one attached hydrogen (secondary N) is 3. The van der Waals surface area contributed by atoms with Gasteiger partial charge in [-0.1, -0.05) is 23.7 Å². The highest BCUT2D eigenvalue weighted by Gasteiger charge is 2.19. The first-order chi connectivity index (χ1) is 17.4. The molecule has 1 aliphatic rings. The van der Waals surface area contributed by atoms with Crippen LogP contribution in [0.15, 0.2) is 41.5 Å². The number of nitrogens with zero attached hydrogens (tertiary/aromatic N) is 1. The highest BCUT2D eigenvalue weighted by atomic mass is 35.5. The summed E-state index contributed by atoms with van der Waals surface area (Å²) in [6, 6.07) is 8.75. The van der Waals surface area contributed by atoms with Crippen molar-refractivity contribution in [3.63, 3.8) is 0 Å². The Morgan fingerprint density at radius 1 is 1.22 bits per heavy atom. The Morgan fingerprint density at radius 2 is 2.03 bits per heavy atom. The van der Waals surface area contributed by atoms with Crippen molar-refractivity contribution in [3.8, 4) is 11.5 Å². The molecule has 36 heavy (non-hydrogen) atoms. The summed E-state index contributed by atoms with van der Waals surface area (Å²) < 4.78 is 30.2. The summed E-state index contributed by atoms with van der Waals surface area (Å²) in [7, 11) is 0. The fraction of sp³-hybridized carbons (Fsp3) is 0.333. The second-order valence-electron chi connectivity index (χ2n) is 7.62. The van der Waals surface area contributed by atoms with E-state index in [1.807, 2.05) is 0 Å². The molecule has 1 atom stereocenters. The molecule has 10 nitrogen and oxygen atoms in total. The minimum absolute atomic E-state index is 0.0244. The zero-order chi connectivity index (χ0) is 25.9. The van der Waals surface area contributed by atoms with Crippen LogP contribution in [0.3, 0.4) is 0 Å². The van der Waals surface area contributed by atoms with Crippen LogP contribution >= 0.6 is 11.6 Å². The van der Waals surface area contributed by atoms with Crippen molar-refractivity contribution >= 4 is 41.2 Å². The van der Waals surface area contributed by atoms with E-state index >= 15 is 0 Å². The van der Waals surface area contributed by atoms with Crippen molar-refractivity contribution in [2.45, 2.75) is 25.9 Å². The first-order valence-corrected chi connectivity index (χ1v) is 11.6. The Morgan fingerprint density at radius 3 is 2.75 bits per heavy atom. The van der Waals surface area contributed by atoms with Crippen LogP contribution in [0.1, 0.15) is 25.3 Å². The number of halogens is 2. The second kappa shape index (κ2) is 13.4. The molecule has 3 amide bonds. The van der Waals surface area contributed by atoms with Gasteiger partial charge in [-0.05, 0) is 49.6 Å². The molecule has 12 heteroatoms. The maximum absolute atomic E-state index is 13.7. The lowest BCUT2D eigenvalue weighted by Gasteiger charge is -2.14. The fourth-order valence-electron chi connectivity index (χ4n) is 3.26. The quantitative estimate of drug-likeness (QED) is 0.251. The molecule has 0 bridgehead atoms. The third kappa shape index (κ3) is 7.92. The van der Waals surface area contributed by atoms with Gasteiger partial charge in [0, 0.05) is 13.2 Å². The van der Waals surface area contributed by atoms with E-state index < -0.39 is 30.1 Å². The summed E-state index contributed by atoms with van der Waals surface area (Å²) in [5, 5.41) is 8.79. The molecule has 0 unspecified atom stereocenters. The van der Waals surface area contributed by atoms with Crippen LogP contribution in [0.25, 0.3) is 0 Å². The summed E-state index contributed by atoms with van der Waals surface area (Å²) in [6.07, 6.45) is 2.94. The molecule has 0 aliphatic carbocycles. The topological polar surface area (TPSA) is 127 Å². The van der Waals surface area contributed by atoms with Gasteiger partial charge in [0.15, 0.2) is 18.1 Å². The number of benzene rings is 2. The van der Waals surface area contributed by atoms with Crippen molar-refractivity contribution in [2.75, 3.05) is 31.7 Å². The third-order valence-corrected chi connectivity index (χ3v) is 5.21. The summed E-state index contributed by atoms with van der Waals surface area (Å²) in [6.45, 7) is 2.48. The average Bonchev–Trinajstić information content (AvgIpc) is 3.37. The van der Waals surface area contributed by atoms with E-state index in [0.29, 0.717) is 12.2 Å². The molecule has 2 aromatic rings. The maximum atomic E-state index is 13.7. The predicted molar refractivity (Wildman–Crippen MR) is 131 cm³/mol. The lowest BCUT2D eigenvalue weighted by Crippen LogP contribution is -2.41. The third-order valence-electron chi connectivity index (χ3n) is 4.93. The van der Waals surface area contributed by atoms with E-state index in [0.717, 1.165) is 12.8 Å². The van der Waals surface area contributed by atoms with E-state index in [1.165, 1.54) is 36.5 Å². The van der Waals surface area contributed by atoms with Crippen molar-refractivity contribution in [3.05, 3.63) is 52.8 Å². The summed E-state index contributed by atoms with van der Waals surface area (Å²) in [4.78, 5) is 36.0. The SMILES string of the molecule is CCOc1cc(/C=N\NC(=O)C(=O)NC[C@H]2CCCO2)cc(Cl)c1OCC(=O)Nc1ccccc1F. The number of hydrogen-bond donors (Lipinski definition) is 3. The van der Waals surface area contributed by atoms with Crippen LogP contribution in [0.5, 0.6) is 11.5 Å². The van der Waals surface area contributed by atoms with Gasteiger partial charge in [-0.2, -0.15) is 5.10 Å². The smallest absolute Gasteiger partial charge is 0.329 e. The lowest BCUT2D eigenvalue weighted by molar-refractivity contribution is -0.139. The van der Waals surface area contributed by atoms with Crippen LogP contribution < -0.4 is 25.5 Å². The number of hydrazone groups is 1. The van der Waals surface area contributed by atoms with Crippen LogP contribution in [-0.2, 0) is 19.1 Å². The first kappa shape index (κ1) is 26.9. The number of rotatable bonds is 10. The molecule has 0 saturated carbocycles. The Hall–Kier alpha value is -3.70. The van der Waals surface area contributed by atoms with Crippen molar-refractivity contribution in [1.82, 2.24) is 10.7 Å². The van der Waals surface area contributed by atoms with Gasteiger partial charge in [0.25, 0.3) is 5.91 Å². The van der Waals surface area contributed by atoms with Gasteiger partial charge in [-0.15, -0.1) is 0 Å². The Kier molecular flexibility index (Phi) is 10.0. The number of carbonyl (C=O) groups is 3. The van der Waals surface area contributed by atoms with Gasteiger partial charge in [-0.3, -0.25) is 14.4 Å². The fourth-order valence-corrected chi connectivity index (χ4v) is 3.53. The van der Waals surface area contributed by atoms with E-state index in [4.69, 9.17) is 25.8 Å². The number of carbonyl (C=O) groups excluding carboxylic acids is 3. The average molecular weight is 521 g/mol. The van der Waals surface area contributed by atoms with Gasteiger partial charge in [0.1, 0.15) is 5.82 Å². The molecule has 1 heterocycles. The molecule has 3 N–H and O–H groups in total. The largest absolute Gasteiger partial charge is 0.490 e. The summed E-state index contributed by atoms with van der Waals surface area (Å²) in [5.74, 6) is -2.59. The minimum atomic E-state index is -0.929. The molecule has 1 fully saturated rings. The summed E-state index contributed by atoms with van der Waals surface area (Å²) >= 11 is 6.31. The standard InChI is InChI=1S/C24H26ClFN4O6/c1-2-34-20-11-15(12-28-30-24(33)23(32)27-13-16-6-5-9-35-16)10-17(25)22(20)36-14-21(31)29-19-8-4-3-7-18(19)26/h3-4,7-8,10-12,16H,2,5-6,9,13-14H2,1H3,(H,27,32)(H,29,31)(H,30,33)/b28-12-/t16-/m1/s1. The molecule has 192 valence electrons. The van der Waals surface area contributed by atoms with E-state index in [-0.39, 0.29) is 41.5 Å². The molecule has 1 saturated heterocycles. The van der Waals surface area contributed by atoms with Crippen LogP contribution in [0, 0.1) is 5.82 Å². The number of amides is 3. The molecule has 1 aliphatic heterocycles. The molecule has 0 spiro atoms. The summed E-state index contributed by atoms with van der Waals surface area (Å²) in [5.41, 5.74) is 2.60. The Balaban J connectivity index is 1.57. The molecular weight excluding hydrogens is 495 g/mol. The molecule has 3 rings (SSSR count). The molecular formula is C24H26ClFN4O6.